The van der Waals surface area contributed by atoms with E-state index < -0.39 is 0 Å². The lowest BCUT2D eigenvalue weighted by atomic mass is 10.2. The van der Waals surface area contributed by atoms with Crippen molar-refractivity contribution in [2.75, 3.05) is 14.2 Å². The number of carbonyl (C=O) groups excluding carboxylic acids is 1. The van der Waals surface area contributed by atoms with Gasteiger partial charge in [0.2, 0.25) is 0 Å². The fourth-order valence-corrected chi connectivity index (χ4v) is 3.16. The summed E-state index contributed by atoms with van der Waals surface area (Å²) in [6, 6.07) is 7.06. The Hall–Kier alpha value is -2.34. The molecule has 0 saturated heterocycles. The third-order valence-corrected chi connectivity index (χ3v) is 4.34. The second kappa shape index (κ2) is 7.28. The normalized spacial score (nSPS) is 11.3. The van der Waals surface area contributed by atoms with E-state index in [9.17, 15) is 4.79 Å². The predicted octanol–water partition coefficient (Wildman–Crippen LogP) is 3.54. The highest BCUT2D eigenvalue weighted by molar-refractivity contribution is 7.12. The molecule has 0 aliphatic rings. The van der Waals surface area contributed by atoms with Crippen LogP contribution in [0.4, 0.5) is 0 Å². The van der Waals surface area contributed by atoms with Gasteiger partial charge in [0, 0.05) is 26.9 Å². The Labute approximate surface area is 139 Å². The highest BCUT2D eigenvalue weighted by Gasteiger charge is 2.11. The maximum atomic E-state index is 12.3. The van der Waals surface area contributed by atoms with Gasteiger partial charge in [-0.3, -0.25) is 4.79 Å². The number of carbonyl (C=O) groups is 1. The van der Waals surface area contributed by atoms with E-state index in [1.807, 2.05) is 13.8 Å². The summed E-state index contributed by atoms with van der Waals surface area (Å²) in [5.41, 5.74) is 4.83. The first-order valence-electron chi connectivity index (χ1n) is 7.09. The van der Waals surface area contributed by atoms with Crippen LogP contribution in [-0.4, -0.2) is 25.8 Å². The molecule has 0 aliphatic carbocycles. The van der Waals surface area contributed by atoms with Crippen molar-refractivity contribution >= 4 is 23.0 Å². The average molecular weight is 332 g/mol. The van der Waals surface area contributed by atoms with Crippen LogP contribution >= 0.6 is 11.3 Å². The van der Waals surface area contributed by atoms with Gasteiger partial charge in [0.15, 0.2) is 0 Å². The van der Waals surface area contributed by atoms with E-state index in [1.54, 1.807) is 43.8 Å². The van der Waals surface area contributed by atoms with Gasteiger partial charge in [-0.25, -0.2) is 5.43 Å². The van der Waals surface area contributed by atoms with Crippen LogP contribution in [0.5, 0.6) is 11.5 Å². The fourth-order valence-electron chi connectivity index (χ4n) is 2.19. The van der Waals surface area contributed by atoms with Gasteiger partial charge in [0.25, 0.3) is 5.91 Å². The van der Waals surface area contributed by atoms with Crippen molar-refractivity contribution in [2.24, 2.45) is 5.10 Å². The molecular formula is C17H20N2O3S. The largest absolute Gasteiger partial charge is 0.497 e. The van der Waals surface area contributed by atoms with E-state index in [-0.39, 0.29) is 5.91 Å². The molecule has 6 heteroatoms. The number of benzene rings is 1. The first kappa shape index (κ1) is 17.0. The molecule has 0 radical (unpaired) electrons. The Morgan fingerprint density at radius 3 is 2.17 bits per heavy atom. The lowest BCUT2D eigenvalue weighted by molar-refractivity contribution is 0.0954. The minimum Gasteiger partial charge on any atom is -0.497 e. The molecule has 1 aromatic carbocycles. The predicted molar refractivity (Wildman–Crippen MR) is 93.0 cm³/mol. The highest BCUT2D eigenvalue weighted by atomic mass is 32.1. The fraction of sp³-hybridized carbons (Fsp3) is 0.294. The molecule has 5 nitrogen and oxygen atoms in total. The van der Waals surface area contributed by atoms with Crippen molar-refractivity contribution in [2.45, 2.75) is 20.8 Å². The summed E-state index contributed by atoms with van der Waals surface area (Å²) in [5, 5.41) is 4.20. The van der Waals surface area contributed by atoms with Gasteiger partial charge in [-0.05, 0) is 39.0 Å². The molecule has 0 atom stereocenters. The SMILES string of the molecule is COc1cc(OC)cc(C(=O)N/N=C(/C)c2cc(C)sc2C)c1. The Bertz CT molecular complexity index is 728. The van der Waals surface area contributed by atoms with Crippen LogP contribution in [0.15, 0.2) is 29.4 Å². The van der Waals surface area contributed by atoms with E-state index in [1.165, 1.54) is 9.75 Å². The number of ether oxygens (including phenoxy) is 2. The van der Waals surface area contributed by atoms with Gasteiger partial charge >= 0.3 is 0 Å². The highest BCUT2D eigenvalue weighted by Crippen LogP contribution is 2.23. The van der Waals surface area contributed by atoms with Gasteiger partial charge < -0.3 is 9.47 Å². The zero-order valence-electron chi connectivity index (χ0n) is 13.9. The quantitative estimate of drug-likeness (QED) is 0.673. The minimum absolute atomic E-state index is 0.314. The van der Waals surface area contributed by atoms with Crippen molar-refractivity contribution < 1.29 is 14.3 Å². The van der Waals surface area contributed by atoms with Gasteiger partial charge in [-0.15, -0.1) is 11.3 Å². The second-order valence-electron chi connectivity index (χ2n) is 5.07. The van der Waals surface area contributed by atoms with E-state index >= 15 is 0 Å². The van der Waals surface area contributed by atoms with Crippen molar-refractivity contribution in [1.82, 2.24) is 5.43 Å². The summed E-state index contributed by atoms with van der Waals surface area (Å²) in [6.45, 7) is 5.97. The average Bonchev–Trinajstić information content (AvgIpc) is 2.90. The Morgan fingerprint density at radius 1 is 1.09 bits per heavy atom. The van der Waals surface area contributed by atoms with E-state index in [0.717, 1.165) is 11.3 Å². The molecule has 1 N–H and O–H groups in total. The second-order valence-corrected chi connectivity index (χ2v) is 6.53. The molecule has 1 heterocycles. The third kappa shape index (κ3) is 4.10. The van der Waals surface area contributed by atoms with Gasteiger partial charge in [-0.2, -0.15) is 5.10 Å². The van der Waals surface area contributed by atoms with E-state index in [0.29, 0.717) is 17.1 Å². The Morgan fingerprint density at radius 2 is 1.70 bits per heavy atom. The standard InChI is InChI=1S/C17H20N2O3S/c1-10-6-16(12(3)23-10)11(2)18-19-17(20)13-7-14(21-4)9-15(8-13)22-5/h6-9H,1-5H3,(H,19,20)/b18-11-. The number of rotatable bonds is 5. The maximum Gasteiger partial charge on any atom is 0.271 e. The smallest absolute Gasteiger partial charge is 0.271 e. The molecule has 1 amide bonds. The van der Waals surface area contributed by atoms with Gasteiger partial charge in [0.1, 0.15) is 11.5 Å². The minimum atomic E-state index is -0.314. The lowest BCUT2D eigenvalue weighted by Crippen LogP contribution is -2.19. The molecule has 0 aliphatic heterocycles. The number of thiophene rings is 1. The third-order valence-electron chi connectivity index (χ3n) is 3.37. The van der Waals surface area contributed by atoms with Gasteiger partial charge in [-0.1, -0.05) is 0 Å². The maximum absolute atomic E-state index is 12.3. The summed E-state index contributed by atoms with van der Waals surface area (Å²) >= 11 is 1.71. The molecule has 2 rings (SSSR count). The first-order chi connectivity index (χ1) is 10.9. The van der Waals surface area contributed by atoms with Gasteiger partial charge in [0.05, 0.1) is 19.9 Å². The molecule has 0 bridgehead atoms. The number of amides is 1. The number of hydrogen-bond acceptors (Lipinski definition) is 5. The van der Waals surface area contributed by atoms with Crippen LogP contribution in [-0.2, 0) is 0 Å². The molecule has 122 valence electrons. The van der Waals surface area contributed by atoms with Crippen LogP contribution in [0.1, 0.15) is 32.6 Å². The summed E-state index contributed by atoms with van der Waals surface area (Å²) in [4.78, 5) is 14.7. The topological polar surface area (TPSA) is 59.9 Å². The van der Waals surface area contributed by atoms with Crippen LogP contribution in [0.2, 0.25) is 0 Å². The molecule has 0 unspecified atom stereocenters. The Kier molecular flexibility index (Phi) is 5.39. The number of hydrazone groups is 1. The molecule has 23 heavy (non-hydrogen) atoms. The summed E-state index contributed by atoms with van der Waals surface area (Å²) < 4.78 is 10.3. The summed E-state index contributed by atoms with van der Waals surface area (Å²) in [6.07, 6.45) is 0. The zero-order chi connectivity index (χ0) is 17.0. The van der Waals surface area contributed by atoms with Crippen molar-refractivity contribution in [3.63, 3.8) is 0 Å². The van der Waals surface area contributed by atoms with Crippen LogP contribution < -0.4 is 14.9 Å². The first-order valence-corrected chi connectivity index (χ1v) is 7.91. The molecule has 2 aromatic rings. The number of nitrogens with one attached hydrogen (secondary N) is 1. The molecule has 1 aromatic heterocycles. The van der Waals surface area contributed by atoms with Crippen LogP contribution in [0.3, 0.4) is 0 Å². The molecule has 0 fully saturated rings. The molecule has 0 saturated carbocycles. The summed E-state index contributed by atoms with van der Waals surface area (Å²) in [5.74, 6) is 0.796. The lowest BCUT2D eigenvalue weighted by Gasteiger charge is -2.08. The van der Waals surface area contributed by atoms with Crippen molar-refractivity contribution in [3.05, 3.63) is 45.1 Å². The zero-order valence-corrected chi connectivity index (χ0v) is 14.7. The summed E-state index contributed by atoms with van der Waals surface area (Å²) in [7, 11) is 3.08. The van der Waals surface area contributed by atoms with Crippen molar-refractivity contribution in [1.29, 1.82) is 0 Å². The molecule has 0 spiro atoms. The number of methoxy groups -OCH3 is 2. The number of hydrogen-bond donors (Lipinski definition) is 1. The van der Waals surface area contributed by atoms with Crippen LogP contribution in [0, 0.1) is 13.8 Å². The van der Waals surface area contributed by atoms with Crippen molar-refractivity contribution in [3.8, 4) is 11.5 Å². The van der Waals surface area contributed by atoms with Crippen LogP contribution in [0.25, 0.3) is 0 Å². The monoisotopic (exact) mass is 332 g/mol. The molecular weight excluding hydrogens is 312 g/mol. The van der Waals surface area contributed by atoms with E-state index in [2.05, 4.69) is 23.5 Å². The van der Waals surface area contributed by atoms with E-state index in [4.69, 9.17) is 9.47 Å². The number of nitrogens with zero attached hydrogens (tertiary/aromatic N) is 1. The Balaban J connectivity index is 2.19. The number of aryl methyl sites for hydroxylation is 2.